The third kappa shape index (κ3) is 5.66. The van der Waals surface area contributed by atoms with Crippen molar-refractivity contribution in [3.8, 4) is 0 Å². The van der Waals surface area contributed by atoms with Crippen molar-refractivity contribution >= 4 is 23.4 Å². The van der Waals surface area contributed by atoms with E-state index in [-0.39, 0.29) is 11.8 Å². The maximum absolute atomic E-state index is 12.1. The van der Waals surface area contributed by atoms with Gasteiger partial charge in [-0.05, 0) is 24.3 Å². The van der Waals surface area contributed by atoms with Gasteiger partial charge in [-0.2, -0.15) is 11.8 Å². The van der Waals surface area contributed by atoms with Gasteiger partial charge in [-0.3, -0.25) is 4.79 Å². The minimum absolute atomic E-state index is 0.0215. The highest BCUT2D eigenvalue weighted by Gasteiger charge is 2.13. The molecule has 2 N–H and O–H groups in total. The van der Waals surface area contributed by atoms with E-state index in [1.54, 1.807) is 11.8 Å². The predicted octanol–water partition coefficient (Wildman–Crippen LogP) is 2.78. The van der Waals surface area contributed by atoms with Crippen LogP contribution in [-0.2, 0) is 11.2 Å². The third-order valence-electron chi connectivity index (χ3n) is 3.04. The lowest BCUT2D eigenvalue weighted by molar-refractivity contribution is -0.119. The molecule has 0 fully saturated rings. The standard InChI is InChI=1S/C15H24N2OS/c1-4-13-7-5-6-8-14(13)17-15(18)12(2)11-16-9-10-19-3/h5-8,12,16H,4,9-11H2,1-3H3,(H,17,18). The van der Waals surface area contributed by atoms with Crippen molar-refractivity contribution in [2.75, 3.05) is 30.4 Å². The molecule has 0 saturated carbocycles. The highest BCUT2D eigenvalue weighted by molar-refractivity contribution is 7.98. The van der Waals surface area contributed by atoms with Crippen LogP contribution in [0.2, 0.25) is 0 Å². The first kappa shape index (κ1) is 16.1. The van der Waals surface area contributed by atoms with Crippen LogP contribution in [0.5, 0.6) is 0 Å². The first-order chi connectivity index (χ1) is 9.19. The molecule has 3 nitrogen and oxygen atoms in total. The summed E-state index contributed by atoms with van der Waals surface area (Å²) in [6, 6.07) is 7.97. The molecule has 1 atom stereocenters. The summed E-state index contributed by atoms with van der Waals surface area (Å²) in [5.74, 6) is 1.14. The molecule has 1 unspecified atom stereocenters. The summed E-state index contributed by atoms with van der Waals surface area (Å²) in [5, 5.41) is 6.32. The van der Waals surface area contributed by atoms with Crippen LogP contribution in [0.15, 0.2) is 24.3 Å². The second kappa shape index (κ2) is 8.99. The quantitative estimate of drug-likeness (QED) is 0.720. The largest absolute Gasteiger partial charge is 0.326 e. The van der Waals surface area contributed by atoms with E-state index < -0.39 is 0 Å². The molecule has 1 aromatic rings. The van der Waals surface area contributed by atoms with Crippen molar-refractivity contribution in [3.05, 3.63) is 29.8 Å². The van der Waals surface area contributed by atoms with Crippen LogP contribution in [0, 0.1) is 5.92 Å². The summed E-state index contributed by atoms with van der Waals surface area (Å²) in [6.07, 6.45) is 3.01. The summed E-state index contributed by atoms with van der Waals surface area (Å²) in [7, 11) is 0. The van der Waals surface area contributed by atoms with Crippen molar-refractivity contribution in [2.24, 2.45) is 5.92 Å². The molecule has 0 aliphatic rings. The highest BCUT2D eigenvalue weighted by Crippen LogP contribution is 2.16. The van der Waals surface area contributed by atoms with E-state index in [9.17, 15) is 4.79 Å². The summed E-state index contributed by atoms with van der Waals surface area (Å²) in [4.78, 5) is 12.1. The molecule has 1 rings (SSSR count). The number of para-hydroxylation sites is 1. The molecule has 19 heavy (non-hydrogen) atoms. The van der Waals surface area contributed by atoms with Gasteiger partial charge in [0.05, 0.1) is 0 Å². The summed E-state index contributed by atoms with van der Waals surface area (Å²) in [6.45, 7) is 5.72. The predicted molar refractivity (Wildman–Crippen MR) is 84.9 cm³/mol. The van der Waals surface area contributed by atoms with Gasteiger partial charge in [-0.25, -0.2) is 0 Å². The third-order valence-corrected chi connectivity index (χ3v) is 3.65. The lowest BCUT2D eigenvalue weighted by Crippen LogP contribution is -2.31. The van der Waals surface area contributed by atoms with Gasteiger partial charge in [0.2, 0.25) is 5.91 Å². The van der Waals surface area contributed by atoms with Gasteiger partial charge < -0.3 is 10.6 Å². The van der Waals surface area contributed by atoms with Gasteiger partial charge in [0.25, 0.3) is 0 Å². The second-order valence-corrected chi connectivity index (χ2v) is 5.58. The fourth-order valence-electron chi connectivity index (χ4n) is 1.79. The number of thioether (sulfide) groups is 1. The smallest absolute Gasteiger partial charge is 0.228 e. The van der Waals surface area contributed by atoms with E-state index in [1.807, 2.05) is 25.1 Å². The number of rotatable bonds is 8. The highest BCUT2D eigenvalue weighted by atomic mass is 32.2. The average Bonchev–Trinajstić information content (AvgIpc) is 2.44. The monoisotopic (exact) mass is 280 g/mol. The normalized spacial score (nSPS) is 12.2. The average molecular weight is 280 g/mol. The minimum Gasteiger partial charge on any atom is -0.326 e. The summed E-state index contributed by atoms with van der Waals surface area (Å²) in [5.41, 5.74) is 2.12. The van der Waals surface area contributed by atoms with Gasteiger partial charge in [0, 0.05) is 30.4 Å². The minimum atomic E-state index is -0.0215. The Morgan fingerprint density at radius 3 is 2.79 bits per heavy atom. The van der Waals surface area contributed by atoms with E-state index in [0.29, 0.717) is 0 Å². The van der Waals surface area contributed by atoms with Crippen molar-refractivity contribution in [3.63, 3.8) is 0 Å². The maximum atomic E-state index is 12.1. The summed E-state index contributed by atoms with van der Waals surface area (Å²) < 4.78 is 0. The molecule has 0 aliphatic heterocycles. The van der Waals surface area contributed by atoms with Gasteiger partial charge in [0.1, 0.15) is 0 Å². The van der Waals surface area contributed by atoms with Crippen molar-refractivity contribution in [2.45, 2.75) is 20.3 Å². The number of amides is 1. The maximum Gasteiger partial charge on any atom is 0.228 e. The number of carbonyl (C=O) groups is 1. The van der Waals surface area contributed by atoms with Crippen LogP contribution < -0.4 is 10.6 Å². The molecule has 0 aliphatic carbocycles. The number of nitrogens with one attached hydrogen (secondary N) is 2. The van der Waals surface area contributed by atoms with E-state index in [2.05, 4.69) is 29.9 Å². The van der Waals surface area contributed by atoms with E-state index in [0.717, 1.165) is 31.0 Å². The molecule has 106 valence electrons. The zero-order chi connectivity index (χ0) is 14.1. The molecule has 0 spiro atoms. The Bertz CT molecular complexity index is 395. The zero-order valence-electron chi connectivity index (χ0n) is 12.0. The van der Waals surface area contributed by atoms with E-state index >= 15 is 0 Å². The van der Waals surface area contributed by atoms with Crippen LogP contribution in [0.3, 0.4) is 0 Å². The van der Waals surface area contributed by atoms with Crippen LogP contribution in [-0.4, -0.2) is 31.0 Å². The van der Waals surface area contributed by atoms with Crippen LogP contribution >= 0.6 is 11.8 Å². The van der Waals surface area contributed by atoms with Crippen molar-refractivity contribution < 1.29 is 4.79 Å². The molecular weight excluding hydrogens is 256 g/mol. The van der Waals surface area contributed by atoms with Crippen LogP contribution in [0.4, 0.5) is 5.69 Å². The number of aryl methyl sites for hydroxylation is 1. The number of benzene rings is 1. The molecule has 1 aromatic carbocycles. The fourth-order valence-corrected chi connectivity index (χ4v) is 2.14. The van der Waals surface area contributed by atoms with Gasteiger partial charge in [-0.1, -0.05) is 32.0 Å². The molecule has 0 bridgehead atoms. The Hall–Kier alpha value is -1.000. The molecular formula is C15H24N2OS. The van der Waals surface area contributed by atoms with Crippen molar-refractivity contribution in [1.29, 1.82) is 0 Å². The first-order valence-electron chi connectivity index (χ1n) is 6.77. The second-order valence-electron chi connectivity index (χ2n) is 4.60. The van der Waals surface area contributed by atoms with Gasteiger partial charge in [-0.15, -0.1) is 0 Å². The fraction of sp³-hybridized carbons (Fsp3) is 0.533. The lowest BCUT2D eigenvalue weighted by atomic mass is 10.1. The molecule has 0 saturated heterocycles. The molecule has 4 heteroatoms. The molecule has 0 radical (unpaired) electrons. The molecule has 1 amide bonds. The Morgan fingerprint density at radius 2 is 2.11 bits per heavy atom. The Labute approximate surface area is 120 Å². The topological polar surface area (TPSA) is 41.1 Å². The van der Waals surface area contributed by atoms with Gasteiger partial charge in [0.15, 0.2) is 0 Å². The van der Waals surface area contributed by atoms with Crippen LogP contribution in [0.1, 0.15) is 19.4 Å². The lowest BCUT2D eigenvalue weighted by Gasteiger charge is -2.15. The van der Waals surface area contributed by atoms with Crippen molar-refractivity contribution in [1.82, 2.24) is 5.32 Å². The number of hydrogen-bond donors (Lipinski definition) is 2. The molecule has 0 heterocycles. The number of anilines is 1. The summed E-state index contributed by atoms with van der Waals surface area (Å²) >= 11 is 1.81. The van der Waals surface area contributed by atoms with Gasteiger partial charge >= 0.3 is 0 Å². The SMILES string of the molecule is CCc1ccccc1NC(=O)C(C)CNCCSC. The Kier molecular flexibility index (Phi) is 7.60. The number of hydrogen-bond acceptors (Lipinski definition) is 3. The van der Waals surface area contributed by atoms with E-state index in [4.69, 9.17) is 0 Å². The Balaban J connectivity index is 2.45. The Morgan fingerprint density at radius 1 is 1.37 bits per heavy atom. The molecule has 0 aromatic heterocycles. The first-order valence-corrected chi connectivity index (χ1v) is 8.16. The van der Waals surface area contributed by atoms with Crippen LogP contribution in [0.25, 0.3) is 0 Å². The van der Waals surface area contributed by atoms with E-state index in [1.165, 1.54) is 5.56 Å². The number of carbonyl (C=O) groups excluding carboxylic acids is 1. The zero-order valence-corrected chi connectivity index (χ0v) is 12.8.